The highest BCUT2D eigenvalue weighted by Crippen LogP contribution is 2.53. The van der Waals surface area contributed by atoms with Gasteiger partial charge in [-0.25, -0.2) is 0 Å². The average Bonchev–Trinajstić information content (AvgIpc) is 2.90. The molecule has 3 rings (SSSR count). The van der Waals surface area contributed by atoms with Gasteiger partial charge in [-0.15, -0.1) is 0 Å². The zero-order valence-corrected chi connectivity index (χ0v) is 16.9. The fourth-order valence-corrected chi connectivity index (χ4v) is 7.58. The number of hydrogen-bond acceptors (Lipinski definition) is 4. The van der Waals surface area contributed by atoms with Crippen molar-refractivity contribution in [3.05, 3.63) is 0 Å². The number of carbonyl (C=O) groups excluding carboxylic acids is 1. The zero-order valence-electron chi connectivity index (χ0n) is 16.1. The number of fused-ring (bicyclic) bond motifs is 1. The Morgan fingerprint density at radius 2 is 1.88 bits per heavy atom. The molecule has 2 N–H and O–H groups in total. The van der Waals surface area contributed by atoms with Crippen LogP contribution in [0.25, 0.3) is 0 Å². The quantitative estimate of drug-likeness (QED) is 0.686. The first kappa shape index (κ1) is 20.2. The number of aliphatic hydroxyl groups is 1. The van der Waals surface area contributed by atoms with Gasteiger partial charge in [0, 0.05) is 6.54 Å². The Balaban J connectivity index is 1.77. The number of nitrogens with one attached hydrogen (secondary N) is 1. The molecule has 0 aromatic carbocycles. The molecule has 7 heteroatoms. The number of aliphatic hydroxyl groups excluding tert-OH is 1. The summed E-state index contributed by atoms with van der Waals surface area (Å²) in [5.74, 6) is 0.976. The van der Waals surface area contributed by atoms with Crippen molar-refractivity contribution in [3.8, 4) is 0 Å². The normalized spacial score (nSPS) is 39.4. The fraction of sp³-hybridized carbons (Fsp3) is 0.947. The van der Waals surface area contributed by atoms with E-state index in [1.807, 2.05) is 0 Å². The molecule has 0 amide bonds. The molecule has 0 spiro atoms. The topological polar surface area (TPSA) is 86.7 Å². The van der Waals surface area contributed by atoms with Gasteiger partial charge in [0.15, 0.2) is 0 Å². The molecule has 5 unspecified atom stereocenters. The minimum Gasteiger partial charge on any atom is -0.391 e. The number of hydrogen-bond donors (Lipinski definition) is 2. The van der Waals surface area contributed by atoms with E-state index >= 15 is 0 Å². The summed E-state index contributed by atoms with van der Waals surface area (Å²) in [5.41, 5.74) is 0.394. The SMILES string of the molecule is CCCC1(CCC)CCC2CC(O)C(N3CC(C=O)NS3(=O)=O)CC2C1. The summed E-state index contributed by atoms with van der Waals surface area (Å²) in [7, 11) is -3.68. The van der Waals surface area contributed by atoms with E-state index in [2.05, 4.69) is 18.6 Å². The van der Waals surface area contributed by atoms with Gasteiger partial charge in [-0.05, 0) is 62.2 Å². The van der Waals surface area contributed by atoms with Crippen molar-refractivity contribution >= 4 is 16.5 Å². The molecule has 2 aliphatic carbocycles. The lowest BCUT2D eigenvalue weighted by Crippen LogP contribution is -2.52. The molecule has 26 heavy (non-hydrogen) atoms. The number of nitrogens with zero attached hydrogens (tertiary/aromatic N) is 1. The molecule has 0 radical (unpaired) electrons. The van der Waals surface area contributed by atoms with Crippen molar-refractivity contribution in [2.75, 3.05) is 6.54 Å². The second-order valence-electron chi connectivity index (χ2n) is 8.80. The maximum absolute atomic E-state index is 12.4. The van der Waals surface area contributed by atoms with Crippen LogP contribution >= 0.6 is 0 Å². The predicted octanol–water partition coefficient (Wildman–Crippen LogP) is 2.23. The van der Waals surface area contributed by atoms with Crippen LogP contribution in [-0.2, 0) is 15.0 Å². The lowest BCUT2D eigenvalue weighted by atomic mass is 9.57. The van der Waals surface area contributed by atoms with Gasteiger partial charge in [0.2, 0.25) is 0 Å². The van der Waals surface area contributed by atoms with E-state index in [0.29, 0.717) is 36.4 Å². The van der Waals surface area contributed by atoms with Crippen molar-refractivity contribution < 1.29 is 18.3 Å². The van der Waals surface area contributed by atoms with Crippen LogP contribution in [0, 0.1) is 17.3 Å². The van der Waals surface area contributed by atoms with Gasteiger partial charge >= 0.3 is 0 Å². The van der Waals surface area contributed by atoms with Crippen LogP contribution in [0.5, 0.6) is 0 Å². The van der Waals surface area contributed by atoms with E-state index in [1.165, 1.54) is 36.4 Å². The van der Waals surface area contributed by atoms with Crippen molar-refractivity contribution in [3.63, 3.8) is 0 Å². The molecule has 6 nitrogen and oxygen atoms in total. The Morgan fingerprint density at radius 3 is 2.46 bits per heavy atom. The zero-order chi connectivity index (χ0) is 18.9. The number of carbonyl (C=O) groups is 1. The third kappa shape index (κ3) is 3.86. The van der Waals surface area contributed by atoms with Crippen molar-refractivity contribution in [1.82, 2.24) is 9.03 Å². The summed E-state index contributed by atoms with van der Waals surface area (Å²) >= 11 is 0. The molecule has 3 fully saturated rings. The minimum atomic E-state index is -3.68. The summed E-state index contributed by atoms with van der Waals surface area (Å²) in [5, 5.41) is 10.7. The van der Waals surface area contributed by atoms with E-state index < -0.39 is 28.4 Å². The molecule has 150 valence electrons. The minimum absolute atomic E-state index is 0.139. The standard InChI is InChI=1S/C19H34N2O4S/c1-3-6-19(7-4-2)8-5-14-10-18(23)17(9-15(14)11-19)21-12-16(13-22)20-26(21,24)25/h13-18,20,23H,3-12H2,1-2H3. The van der Waals surface area contributed by atoms with Crippen LogP contribution < -0.4 is 4.72 Å². The molecule has 1 heterocycles. The molecule has 1 aliphatic heterocycles. The van der Waals surface area contributed by atoms with E-state index in [0.717, 1.165) is 12.8 Å². The Kier molecular flexibility index (Phi) is 6.12. The smallest absolute Gasteiger partial charge is 0.280 e. The number of aldehydes is 1. The Labute approximate surface area is 157 Å². The summed E-state index contributed by atoms with van der Waals surface area (Å²) in [4.78, 5) is 11.0. The predicted molar refractivity (Wildman–Crippen MR) is 101 cm³/mol. The second-order valence-corrected chi connectivity index (χ2v) is 10.5. The first-order valence-electron chi connectivity index (χ1n) is 10.3. The van der Waals surface area contributed by atoms with Gasteiger partial charge in [0.05, 0.1) is 18.2 Å². The highest BCUT2D eigenvalue weighted by atomic mass is 32.2. The molecule has 1 saturated heterocycles. The monoisotopic (exact) mass is 386 g/mol. The van der Waals surface area contributed by atoms with Gasteiger partial charge in [-0.3, -0.25) is 0 Å². The van der Waals surface area contributed by atoms with Crippen LogP contribution in [-0.4, -0.2) is 48.8 Å². The fourth-order valence-electron chi connectivity index (χ4n) is 5.99. The van der Waals surface area contributed by atoms with Gasteiger partial charge < -0.3 is 9.90 Å². The Morgan fingerprint density at radius 1 is 1.19 bits per heavy atom. The summed E-state index contributed by atoms with van der Waals surface area (Å²) in [6, 6.07) is -1.10. The van der Waals surface area contributed by atoms with Gasteiger partial charge in [0.25, 0.3) is 10.2 Å². The van der Waals surface area contributed by atoms with Crippen LogP contribution in [0.1, 0.15) is 71.6 Å². The van der Waals surface area contributed by atoms with Crippen molar-refractivity contribution in [1.29, 1.82) is 0 Å². The van der Waals surface area contributed by atoms with Crippen LogP contribution in [0.4, 0.5) is 0 Å². The highest BCUT2D eigenvalue weighted by molar-refractivity contribution is 7.87. The van der Waals surface area contributed by atoms with E-state index in [-0.39, 0.29) is 6.54 Å². The maximum atomic E-state index is 12.4. The number of rotatable bonds is 6. The lowest BCUT2D eigenvalue weighted by Gasteiger charge is -2.50. The molecule has 0 aromatic heterocycles. The first-order valence-corrected chi connectivity index (χ1v) is 11.7. The highest BCUT2D eigenvalue weighted by Gasteiger charge is 2.49. The maximum Gasteiger partial charge on any atom is 0.280 e. The third-order valence-electron chi connectivity index (χ3n) is 7.02. The van der Waals surface area contributed by atoms with Crippen molar-refractivity contribution in [2.45, 2.75) is 89.8 Å². The van der Waals surface area contributed by atoms with E-state index in [9.17, 15) is 18.3 Å². The second kappa shape index (κ2) is 7.86. The van der Waals surface area contributed by atoms with Gasteiger partial charge in [0.1, 0.15) is 6.29 Å². The van der Waals surface area contributed by atoms with Gasteiger partial charge in [-0.2, -0.15) is 17.4 Å². The molecular weight excluding hydrogens is 352 g/mol. The molecule has 0 bridgehead atoms. The van der Waals surface area contributed by atoms with Crippen LogP contribution in [0.3, 0.4) is 0 Å². The molecule has 2 saturated carbocycles. The van der Waals surface area contributed by atoms with E-state index in [1.54, 1.807) is 0 Å². The average molecular weight is 387 g/mol. The van der Waals surface area contributed by atoms with Gasteiger partial charge in [-0.1, -0.05) is 26.7 Å². The third-order valence-corrected chi connectivity index (χ3v) is 8.66. The molecule has 5 atom stereocenters. The molecule has 0 aromatic rings. The van der Waals surface area contributed by atoms with E-state index in [4.69, 9.17) is 0 Å². The summed E-state index contributed by atoms with van der Waals surface area (Å²) < 4.78 is 28.6. The van der Waals surface area contributed by atoms with Crippen LogP contribution in [0.15, 0.2) is 0 Å². The van der Waals surface area contributed by atoms with Crippen molar-refractivity contribution in [2.24, 2.45) is 17.3 Å². The summed E-state index contributed by atoms with van der Waals surface area (Å²) in [6.07, 6.45) is 9.81. The molecule has 3 aliphatic rings. The molecular formula is C19H34N2O4S. The van der Waals surface area contributed by atoms with Crippen LogP contribution in [0.2, 0.25) is 0 Å². The summed E-state index contributed by atoms with van der Waals surface area (Å²) in [6.45, 7) is 4.64. The first-order chi connectivity index (χ1) is 12.3. The largest absolute Gasteiger partial charge is 0.391 e. The lowest BCUT2D eigenvalue weighted by molar-refractivity contribution is -0.109. The Bertz CT molecular complexity index is 603. The Hall–Kier alpha value is -0.500.